The van der Waals surface area contributed by atoms with Crippen molar-refractivity contribution in [1.82, 2.24) is 5.32 Å². The first-order valence-corrected chi connectivity index (χ1v) is 6.22. The van der Waals surface area contributed by atoms with Crippen molar-refractivity contribution in [3.8, 4) is 5.75 Å². The van der Waals surface area contributed by atoms with Crippen LogP contribution < -0.4 is 10.1 Å². The zero-order valence-electron chi connectivity index (χ0n) is 11.2. The summed E-state index contributed by atoms with van der Waals surface area (Å²) < 4.78 is 10.0. The molecule has 0 fully saturated rings. The van der Waals surface area contributed by atoms with E-state index in [1.54, 1.807) is 25.1 Å². The number of carbonyl (C=O) groups excluding carboxylic acids is 1. The molecule has 1 unspecified atom stereocenters. The van der Waals surface area contributed by atoms with Gasteiger partial charge in [-0.05, 0) is 30.7 Å². The van der Waals surface area contributed by atoms with Crippen molar-refractivity contribution in [1.29, 1.82) is 0 Å². The van der Waals surface area contributed by atoms with Crippen molar-refractivity contribution < 1.29 is 24.2 Å². The lowest BCUT2D eigenvalue weighted by molar-refractivity contribution is -0.143. The number of hydrogen-bond donors (Lipinski definition) is 2. The number of amides is 1. The fraction of sp³-hybridized carbons (Fsp3) is 0.385. The minimum atomic E-state index is -1.16. The number of halogens is 1. The summed E-state index contributed by atoms with van der Waals surface area (Å²) >= 11 is 5.80. The largest absolute Gasteiger partial charge is 0.484 e. The highest BCUT2D eigenvalue weighted by Gasteiger charge is 2.19. The third-order valence-corrected chi connectivity index (χ3v) is 2.70. The number of carbonyl (C=O) groups is 2. The molecule has 1 amide bonds. The summed E-state index contributed by atoms with van der Waals surface area (Å²) in [6, 6.07) is 3.91. The number of aryl methyl sites for hydroxylation is 1. The van der Waals surface area contributed by atoms with Crippen LogP contribution in [0.2, 0.25) is 5.02 Å². The van der Waals surface area contributed by atoms with Crippen molar-refractivity contribution >= 4 is 23.5 Å². The standard InChI is InChI=1S/C13H16ClNO5/c1-8-5-9(14)3-4-11(8)20-7-12(16)15-10(6-19-2)13(17)18/h3-5,10H,6-7H2,1-2H3,(H,15,16)(H,17,18). The molecule has 0 radical (unpaired) electrons. The lowest BCUT2D eigenvalue weighted by atomic mass is 10.2. The van der Waals surface area contributed by atoms with Gasteiger partial charge in [0.15, 0.2) is 12.6 Å². The fourth-order valence-corrected chi connectivity index (χ4v) is 1.72. The summed E-state index contributed by atoms with van der Waals surface area (Å²) in [7, 11) is 1.36. The second kappa shape index (κ2) is 7.72. The van der Waals surface area contributed by atoms with Crippen LogP contribution in [-0.2, 0) is 14.3 Å². The minimum absolute atomic E-state index is 0.110. The Morgan fingerprint density at radius 3 is 2.70 bits per heavy atom. The predicted octanol–water partition coefficient (Wildman–Crippen LogP) is 1.24. The van der Waals surface area contributed by atoms with Crippen LogP contribution >= 0.6 is 11.6 Å². The highest BCUT2D eigenvalue weighted by Crippen LogP contribution is 2.21. The van der Waals surface area contributed by atoms with E-state index in [4.69, 9.17) is 26.2 Å². The Labute approximate surface area is 121 Å². The summed E-state index contributed by atoms with van der Waals surface area (Å²) in [5, 5.41) is 11.7. The molecule has 0 bridgehead atoms. The Hall–Kier alpha value is -1.79. The van der Waals surface area contributed by atoms with Crippen LogP contribution in [-0.4, -0.2) is 43.3 Å². The molecule has 1 rings (SSSR count). The number of hydrogen-bond acceptors (Lipinski definition) is 4. The van der Waals surface area contributed by atoms with Crippen LogP contribution in [0.4, 0.5) is 0 Å². The fourth-order valence-electron chi connectivity index (χ4n) is 1.50. The van der Waals surface area contributed by atoms with Gasteiger partial charge in [0.2, 0.25) is 0 Å². The minimum Gasteiger partial charge on any atom is -0.484 e. The second-order valence-electron chi connectivity index (χ2n) is 4.11. The van der Waals surface area contributed by atoms with E-state index < -0.39 is 17.9 Å². The van der Waals surface area contributed by atoms with Gasteiger partial charge in [-0.1, -0.05) is 11.6 Å². The van der Waals surface area contributed by atoms with Crippen molar-refractivity contribution in [3.05, 3.63) is 28.8 Å². The summed E-state index contributed by atoms with van der Waals surface area (Å²) in [6.07, 6.45) is 0. The third kappa shape index (κ3) is 5.07. The molecule has 0 saturated heterocycles. The maximum atomic E-state index is 11.6. The molecule has 6 nitrogen and oxygen atoms in total. The van der Waals surface area contributed by atoms with E-state index in [9.17, 15) is 9.59 Å². The topological polar surface area (TPSA) is 84.9 Å². The van der Waals surface area contributed by atoms with Gasteiger partial charge in [-0.15, -0.1) is 0 Å². The molecule has 1 atom stereocenters. The zero-order valence-corrected chi connectivity index (χ0v) is 11.9. The van der Waals surface area contributed by atoms with Gasteiger partial charge in [0.1, 0.15) is 5.75 Å². The third-order valence-electron chi connectivity index (χ3n) is 2.46. The summed E-state index contributed by atoms with van der Waals surface area (Å²) in [5.74, 6) is -1.19. The molecular weight excluding hydrogens is 286 g/mol. The molecule has 0 aliphatic heterocycles. The Balaban J connectivity index is 2.52. The number of carboxylic acid groups (broad SMARTS) is 1. The van der Waals surface area contributed by atoms with Crippen molar-refractivity contribution in [2.75, 3.05) is 20.3 Å². The van der Waals surface area contributed by atoms with Gasteiger partial charge in [0.05, 0.1) is 6.61 Å². The average molecular weight is 302 g/mol. The summed E-state index contributed by atoms with van der Waals surface area (Å²) in [6.45, 7) is 1.40. The van der Waals surface area contributed by atoms with Gasteiger partial charge in [-0.2, -0.15) is 0 Å². The smallest absolute Gasteiger partial charge is 0.328 e. The summed E-state index contributed by atoms with van der Waals surface area (Å²) in [4.78, 5) is 22.4. The molecule has 0 saturated carbocycles. The van der Waals surface area contributed by atoms with Gasteiger partial charge >= 0.3 is 5.97 Å². The monoisotopic (exact) mass is 301 g/mol. The SMILES string of the molecule is COCC(NC(=O)COc1ccc(Cl)cc1C)C(=O)O. The molecule has 20 heavy (non-hydrogen) atoms. The second-order valence-corrected chi connectivity index (χ2v) is 4.55. The number of ether oxygens (including phenoxy) is 2. The molecular formula is C13H16ClNO5. The molecule has 1 aromatic rings. The van der Waals surface area contributed by atoms with Crippen LogP contribution in [0.5, 0.6) is 5.75 Å². The van der Waals surface area contributed by atoms with Crippen molar-refractivity contribution in [2.45, 2.75) is 13.0 Å². The molecule has 0 aliphatic rings. The van der Waals surface area contributed by atoms with Gasteiger partial charge in [-0.3, -0.25) is 4.79 Å². The maximum Gasteiger partial charge on any atom is 0.328 e. The molecule has 2 N–H and O–H groups in total. The Kier molecular flexibility index (Phi) is 6.27. The summed E-state index contributed by atoms with van der Waals surface area (Å²) in [5.41, 5.74) is 0.789. The number of methoxy groups -OCH3 is 1. The van der Waals surface area contributed by atoms with Crippen molar-refractivity contribution in [2.24, 2.45) is 0 Å². The first-order valence-electron chi connectivity index (χ1n) is 5.84. The van der Waals surface area contributed by atoms with Crippen LogP contribution in [0.25, 0.3) is 0 Å². The van der Waals surface area contributed by atoms with Crippen LogP contribution in [0, 0.1) is 6.92 Å². The van der Waals surface area contributed by atoms with E-state index in [0.29, 0.717) is 10.8 Å². The Morgan fingerprint density at radius 2 is 2.15 bits per heavy atom. The van der Waals surface area contributed by atoms with Gasteiger partial charge < -0.3 is 19.9 Å². The van der Waals surface area contributed by atoms with E-state index in [0.717, 1.165) is 5.56 Å². The molecule has 110 valence electrons. The number of rotatable bonds is 7. The van der Waals surface area contributed by atoms with E-state index in [2.05, 4.69) is 5.32 Å². The quantitative estimate of drug-likeness (QED) is 0.791. The van der Waals surface area contributed by atoms with E-state index >= 15 is 0 Å². The normalized spacial score (nSPS) is 11.8. The number of carboxylic acids is 1. The average Bonchev–Trinajstić information content (AvgIpc) is 2.37. The predicted molar refractivity (Wildman–Crippen MR) is 73.1 cm³/mol. The molecule has 7 heteroatoms. The number of benzene rings is 1. The van der Waals surface area contributed by atoms with Crippen LogP contribution in [0.15, 0.2) is 18.2 Å². The molecule has 1 aromatic carbocycles. The highest BCUT2D eigenvalue weighted by atomic mass is 35.5. The number of nitrogens with one attached hydrogen (secondary N) is 1. The zero-order chi connectivity index (χ0) is 15.1. The first-order chi connectivity index (χ1) is 9.43. The van der Waals surface area contributed by atoms with Gasteiger partial charge in [0, 0.05) is 12.1 Å². The first kappa shape index (κ1) is 16.3. The molecule has 0 spiro atoms. The van der Waals surface area contributed by atoms with Crippen LogP contribution in [0.1, 0.15) is 5.56 Å². The lowest BCUT2D eigenvalue weighted by Crippen LogP contribution is -2.45. The molecule has 0 aliphatic carbocycles. The van der Waals surface area contributed by atoms with E-state index in [1.807, 2.05) is 0 Å². The lowest BCUT2D eigenvalue weighted by Gasteiger charge is -2.14. The molecule has 0 aromatic heterocycles. The highest BCUT2D eigenvalue weighted by molar-refractivity contribution is 6.30. The Bertz CT molecular complexity index is 492. The molecule has 0 heterocycles. The number of aliphatic carboxylic acids is 1. The van der Waals surface area contributed by atoms with Crippen LogP contribution in [0.3, 0.4) is 0 Å². The van der Waals surface area contributed by atoms with E-state index in [-0.39, 0.29) is 13.2 Å². The van der Waals surface area contributed by atoms with Crippen molar-refractivity contribution in [3.63, 3.8) is 0 Å². The Morgan fingerprint density at radius 1 is 1.45 bits per heavy atom. The maximum absolute atomic E-state index is 11.6. The van der Waals surface area contributed by atoms with E-state index in [1.165, 1.54) is 7.11 Å². The van der Waals surface area contributed by atoms with Gasteiger partial charge in [0.25, 0.3) is 5.91 Å². The van der Waals surface area contributed by atoms with Gasteiger partial charge in [-0.25, -0.2) is 4.79 Å².